The average molecular weight is 202 g/mol. The second kappa shape index (κ2) is 6.38. The largest absolute Gasteiger partial charge is 0.390 e. The predicted molar refractivity (Wildman–Crippen MR) is 55.3 cm³/mol. The number of hydrogen-bond donors (Lipinski definition) is 1. The normalized spacial score (nSPS) is 31.5. The lowest BCUT2D eigenvalue weighted by Crippen LogP contribution is -2.53. The number of unbranched alkanes of at least 4 members (excludes halogenated alkanes) is 3. The Hall–Kier alpha value is -0.120. The minimum atomic E-state index is -0.319. The molecular weight excluding hydrogens is 180 g/mol. The summed E-state index contributed by atoms with van der Waals surface area (Å²) in [4.78, 5) is 0. The van der Waals surface area contributed by atoms with E-state index in [0.717, 1.165) is 19.4 Å². The fourth-order valence-corrected chi connectivity index (χ4v) is 1.79. The van der Waals surface area contributed by atoms with Gasteiger partial charge in [0.25, 0.3) is 0 Å². The van der Waals surface area contributed by atoms with E-state index >= 15 is 0 Å². The summed E-state index contributed by atoms with van der Waals surface area (Å²) in [6.07, 6.45) is 5.33. The predicted octanol–water partition coefficient (Wildman–Crippen LogP) is 1.73. The molecule has 0 saturated heterocycles. The summed E-state index contributed by atoms with van der Waals surface area (Å²) in [6.45, 7) is 3.00. The quantitative estimate of drug-likeness (QED) is 0.639. The zero-order chi connectivity index (χ0) is 10.4. The smallest absolute Gasteiger partial charge is 0.109 e. The van der Waals surface area contributed by atoms with Gasteiger partial charge in [0, 0.05) is 20.1 Å². The summed E-state index contributed by atoms with van der Waals surface area (Å²) in [7, 11) is 1.63. The molecule has 0 aromatic carbocycles. The molecule has 1 saturated carbocycles. The summed E-state index contributed by atoms with van der Waals surface area (Å²) in [5, 5.41) is 9.31. The molecule has 0 amide bonds. The first-order valence-electron chi connectivity index (χ1n) is 5.62. The van der Waals surface area contributed by atoms with Crippen molar-refractivity contribution in [1.82, 2.24) is 0 Å². The van der Waals surface area contributed by atoms with E-state index in [-0.39, 0.29) is 18.3 Å². The number of aliphatic hydroxyl groups excluding tert-OH is 1. The fourth-order valence-electron chi connectivity index (χ4n) is 1.79. The Morgan fingerprint density at radius 1 is 1.29 bits per heavy atom. The molecule has 0 spiro atoms. The first kappa shape index (κ1) is 12.0. The van der Waals surface area contributed by atoms with Crippen molar-refractivity contribution in [2.75, 3.05) is 13.7 Å². The van der Waals surface area contributed by atoms with E-state index in [9.17, 15) is 5.11 Å². The van der Waals surface area contributed by atoms with Crippen LogP contribution in [0.5, 0.6) is 0 Å². The van der Waals surface area contributed by atoms with Crippen molar-refractivity contribution in [3.05, 3.63) is 0 Å². The lowest BCUT2D eigenvalue weighted by Gasteiger charge is -2.39. The summed E-state index contributed by atoms with van der Waals surface area (Å²) in [6, 6.07) is 0. The van der Waals surface area contributed by atoms with E-state index in [0.29, 0.717) is 0 Å². The number of methoxy groups -OCH3 is 1. The maximum absolute atomic E-state index is 9.31. The monoisotopic (exact) mass is 202 g/mol. The molecule has 0 heterocycles. The molecule has 3 nitrogen and oxygen atoms in total. The number of ether oxygens (including phenoxy) is 2. The number of rotatable bonds is 7. The van der Waals surface area contributed by atoms with Crippen molar-refractivity contribution < 1.29 is 14.6 Å². The van der Waals surface area contributed by atoms with E-state index in [4.69, 9.17) is 9.47 Å². The maximum Gasteiger partial charge on any atom is 0.109 e. The minimum absolute atomic E-state index is 0.0961. The van der Waals surface area contributed by atoms with Gasteiger partial charge in [-0.1, -0.05) is 26.2 Å². The van der Waals surface area contributed by atoms with Gasteiger partial charge in [-0.15, -0.1) is 0 Å². The van der Waals surface area contributed by atoms with Crippen LogP contribution in [0.3, 0.4) is 0 Å². The number of aliphatic hydroxyl groups is 1. The van der Waals surface area contributed by atoms with Crippen molar-refractivity contribution in [1.29, 1.82) is 0 Å². The third-order valence-corrected chi connectivity index (χ3v) is 2.82. The van der Waals surface area contributed by atoms with Crippen molar-refractivity contribution in [2.24, 2.45) is 0 Å². The highest BCUT2D eigenvalue weighted by Gasteiger charge is 2.40. The second-order valence-corrected chi connectivity index (χ2v) is 3.97. The van der Waals surface area contributed by atoms with Gasteiger partial charge in [0.05, 0.1) is 12.2 Å². The third kappa shape index (κ3) is 3.23. The summed E-state index contributed by atoms with van der Waals surface area (Å²) >= 11 is 0. The summed E-state index contributed by atoms with van der Waals surface area (Å²) in [5.74, 6) is 0. The molecule has 0 aromatic rings. The number of hydrogen-bond acceptors (Lipinski definition) is 3. The van der Waals surface area contributed by atoms with Crippen LogP contribution >= 0.6 is 0 Å². The van der Waals surface area contributed by atoms with E-state index in [1.54, 1.807) is 7.11 Å². The molecule has 1 aliphatic carbocycles. The second-order valence-electron chi connectivity index (χ2n) is 3.97. The molecule has 14 heavy (non-hydrogen) atoms. The molecule has 0 bridgehead atoms. The van der Waals surface area contributed by atoms with Crippen LogP contribution in [0, 0.1) is 0 Å². The van der Waals surface area contributed by atoms with Crippen molar-refractivity contribution in [3.63, 3.8) is 0 Å². The summed E-state index contributed by atoms with van der Waals surface area (Å²) in [5.41, 5.74) is 0. The van der Waals surface area contributed by atoms with Crippen LogP contribution in [0.4, 0.5) is 0 Å². The van der Waals surface area contributed by atoms with Crippen molar-refractivity contribution >= 4 is 0 Å². The van der Waals surface area contributed by atoms with Crippen LogP contribution in [0.15, 0.2) is 0 Å². The fraction of sp³-hybridized carbons (Fsp3) is 1.00. The SMILES string of the molecule is CCCCCCOC1CC(O)C1OC. The molecule has 0 aliphatic heterocycles. The van der Waals surface area contributed by atoms with Crippen LogP contribution in [-0.2, 0) is 9.47 Å². The highest BCUT2D eigenvalue weighted by molar-refractivity contribution is 4.91. The molecule has 3 atom stereocenters. The van der Waals surface area contributed by atoms with Crippen LogP contribution in [0.2, 0.25) is 0 Å². The van der Waals surface area contributed by atoms with Crippen LogP contribution in [0.1, 0.15) is 39.0 Å². The molecule has 3 unspecified atom stereocenters. The molecule has 0 aromatic heterocycles. The Balaban J connectivity index is 1.97. The molecule has 1 aliphatic rings. The van der Waals surface area contributed by atoms with Crippen molar-refractivity contribution in [3.8, 4) is 0 Å². The van der Waals surface area contributed by atoms with Crippen LogP contribution in [-0.4, -0.2) is 37.1 Å². The van der Waals surface area contributed by atoms with Crippen molar-refractivity contribution in [2.45, 2.75) is 57.3 Å². The van der Waals surface area contributed by atoms with E-state index in [1.165, 1.54) is 19.3 Å². The topological polar surface area (TPSA) is 38.7 Å². The molecule has 84 valence electrons. The molecular formula is C11H22O3. The molecule has 1 rings (SSSR count). The van der Waals surface area contributed by atoms with Gasteiger partial charge in [-0.3, -0.25) is 0 Å². The zero-order valence-corrected chi connectivity index (χ0v) is 9.24. The maximum atomic E-state index is 9.31. The van der Waals surface area contributed by atoms with Gasteiger partial charge < -0.3 is 14.6 Å². The van der Waals surface area contributed by atoms with E-state index in [2.05, 4.69) is 6.92 Å². The lowest BCUT2D eigenvalue weighted by molar-refractivity contribution is -0.181. The Bertz CT molecular complexity index is 149. The standard InChI is InChI=1S/C11H22O3/c1-3-4-5-6-7-14-10-8-9(12)11(10)13-2/h9-12H,3-8H2,1-2H3. The highest BCUT2D eigenvalue weighted by atomic mass is 16.5. The molecule has 0 radical (unpaired) electrons. The van der Waals surface area contributed by atoms with Crippen LogP contribution in [0.25, 0.3) is 0 Å². The van der Waals surface area contributed by atoms with Crippen LogP contribution < -0.4 is 0 Å². The Kier molecular flexibility index (Phi) is 5.45. The Morgan fingerprint density at radius 2 is 2.07 bits per heavy atom. The summed E-state index contributed by atoms with van der Waals surface area (Å²) < 4.78 is 10.7. The first-order valence-corrected chi connectivity index (χ1v) is 5.62. The first-order chi connectivity index (χ1) is 6.79. The van der Waals surface area contributed by atoms with E-state index in [1.807, 2.05) is 0 Å². The lowest BCUT2D eigenvalue weighted by atomic mass is 9.88. The molecule has 1 N–H and O–H groups in total. The zero-order valence-electron chi connectivity index (χ0n) is 9.24. The van der Waals surface area contributed by atoms with Gasteiger partial charge in [-0.05, 0) is 6.42 Å². The van der Waals surface area contributed by atoms with Gasteiger partial charge in [-0.25, -0.2) is 0 Å². The average Bonchev–Trinajstić information content (AvgIpc) is 2.16. The van der Waals surface area contributed by atoms with Gasteiger partial charge in [-0.2, -0.15) is 0 Å². The van der Waals surface area contributed by atoms with Gasteiger partial charge in [0.2, 0.25) is 0 Å². The van der Waals surface area contributed by atoms with Gasteiger partial charge in [0.1, 0.15) is 6.10 Å². The van der Waals surface area contributed by atoms with E-state index < -0.39 is 0 Å². The molecule has 1 fully saturated rings. The third-order valence-electron chi connectivity index (χ3n) is 2.82. The van der Waals surface area contributed by atoms with Gasteiger partial charge in [0.15, 0.2) is 0 Å². The minimum Gasteiger partial charge on any atom is -0.390 e. The Labute approximate surface area is 86.4 Å². The molecule has 3 heteroatoms. The highest BCUT2D eigenvalue weighted by Crippen LogP contribution is 2.26. The Morgan fingerprint density at radius 3 is 2.64 bits per heavy atom. The van der Waals surface area contributed by atoms with Gasteiger partial charge >= 0.3 is 0 Å².